The molecule has 6 heteroatoms. The minimum atomic E-state index is -0.151. The van der Waals surface area contributed by atoms with Crippen molar-refractivity contribution in [2.24, 2.45) is 0 Å². The number of carbonyl (C=O) groups excluding carboxylic acids is 1. The number of aromatic amines is 1. The predicted molar refractivity (Wildman–Crippen MR) is 69.3 cm³/mol. The van der Waals surface area contributed by atoms with Crippen LogP contribution in [0.3, 0.4) is 0 Å². The predicted octanol–water partition coefficient (Wildman–Crippen LogP) is 1.28. The molecule has 3 rings (SSSR count). The average Bonchev–Trinajstić information content (AvgIpc) is 2.97. The van der Waals surface area contributed by atoms with Gasteiger partial charge in [0.05, 0.1) is 29.6 Å². The Kier molecular flexibility index (Phi) is 2.89. The van der Waals surface area contributed by atoms with Gasteiger partial charge in [-0.3, -0.25) is 14.8 Å². The topological polar surface area (TPSA) is 83.6 Å². The maximum Gasteiger partial charge on any atom is 0.251 e. The lowest BCUT2D eigenvalue weighted by Crippen LogP contribution is -2.22. The number of fused-ring (bicyclic) bond motifs is 1. The number of nitrogens with one attached hydrogen (secondary N) is 2. The van der Waals surface area contributed by atoms with Crippen molar-refractivity contribution in [3.8, 4) is 0 Å². The summed E-state index contributed by atoms with van der Waals surface area (Å²) < 4.78 is 0. The summed E-state index contributed by atoms with van der Waals surface area (Å²) in [6, 6.07) is 5.25. The molecule has 94 valence electrons. The van der Waals surface area contributed by atoms with Crippen molar-refractivity contribution in [1.29, 1.82) is 0 Å². The number of rotatable bonds is 3. The summed E-state index contributed by atoms with van der Waals surface area (Å²) in [5.74, 6) is -0.151. The maximum absolute atomic E-state index is 12.0. The highest BCUT2D eigenvalue weighted by Gasteiger charge is 2.07. The Labute approximate surface area is 108 Å². The third-order valence-electron chi connectivity index (χ3n) is 2.73. The number of H-pyrrole nitrogens is 1. The van der Waals surface area contributed by atoms with E-state index in [1.54, 1.807) is 43.1 Å². The second kappa shape index (κ2) is 4.85. The van der Waals surface area contributed by atoms with Crippen molar-refractivity contribution >= 4 is 16.9 Å². The van der Waals surface area contributed by atoms with Gasteiger partial charge in [0.25, 0.3) is 5.91 Å². The van der Waals surface area contributed by atoms with Crippen LogP contribution in [-0.4, -0.2) is 25.8 Å². The van der Waals surface area contributed by atoms with Gasteiger partial charge in [-0.25, -0.2) is 4.98 Å². The fourth-order valence-electron chi connectivity index (χ4n) is 1.76. The molecule has 19 heavy (non-hydrogen) atoms. The minimum absolute atomic E-state index is 0.151. The van der Waals surface area contributed by atoms with Gasteiger partial charge >= 0.3 is 0 Å². The van der Waals surface area contributed by atoms with E-state index >= 15 is 0 Å². The van der Waals surface area contributed by atoms with Crippen molar-refractivity contribution in [1.82, 2.24) is 25.3 Å². The summed E-state index contributed by atoms with van der Waals surface area (Å²) in [6.45, 7) is 0.414. The maximum atomic E-state index is 12.0. The molecule has 0 spiro atoms. The van der Waals surface area contributed by atoms with Gasteiger partial charge in [-0.15, -0.1) is 0 Å². The van der Waals surface area contributed by atoms with Gasteiger partial charge in [-0.2, -0.15) is 0 Å². The molecule has 0 aliphatic carbocycles. The van der Waals surface area contributed by atoms with Crippen LogP contribution in [0.15, 0.2) is 43.1 Å². The van der Waals surface area contributed by atoms with Crippen LogP contribution in [0.1, 0.15) is 16.1 Å². The lowest BCUT2D eigenvalue weighted by Gasteiger charge is -2.04. The van der Waals surface area contributed by atoms with Crippen LogP contribution < -0.4 is 5.32 Å². The second-order valence-electron chi connectivity index (χ2n) is 4.02. The third-order valence-corrected chi connectivity index (χ3v) is 2.73. The van der Waals surface area contributed by atoms with Crippen molar-refractivity contribution in [3.63, 3.8) is 0 Å². The Morgan fingerprint density at radius 2 is 2.05 bits per heavy atom. The Bertz CT molecular complexity index is 708. The molecule has 2 heterocycles. The molecular formula is C13H11N5O. The van der Waals surface area contributed by atoms with E-state index in [2.05, 4.69) is 25.3 Å². The lowest BCUT2D eigenvalue weighted by molar-refractivity contribution is 0.0950. The van der Waals surface area contributed by atoms with E-state index < -0.39 is 0 Å². The van der Waals surface area contributed by atoms with Gasteiger partial charge in [0, 0.05) is 24.2 Å². The van der Waals surface area contributed by atoms with Gasteiger partial charge < -0.3 is 10.3 Å². The van der Waals surface area contributed by atoms with Gasteiger partial charge in [0.15, 0.2) is 0 Å². The number of benzene rings is 1. The molecule has 1 aromatic carbocycles. The first-order chi connectivity index (χ1) is 9.33. The quantitative estimate of drug-likeness (QED) is 0.736. The van der Waals surface area contributed by atoms with Crippen LogP contribution in [0.5, 0.6) is 0 Å². The molecule has 0 fully saturated rings. The van der Waals surface area contributed by atoms with E-state index in [1.165, 1.54) is 0 Å². The Morgan fingerprint density at radius 1 is 1.21 bits per heavy atom. The summed E-state index contributed by atoms with van der Waals surface area (Å²) in [6.07, 6.45) is 6.48. The molecular weight excluding hydrogens is 242 g/mol. The Hall–Kier alpha value is -2.76. The van der Waals surface area contributed by atoms with Crippen LogP contribution in [0.2, 0.25) is 0 Å². The van der Waals surface area contributed by atoms with E-state index in [0.29, 0.717) is 17.6 Å². The molecule has 0 bridgehead atoms. The molecule has 0 unspecified atom stereocenters. The Morgan fingerprint density at radius 3 is 2.84 bits per heavy atom. The average molecular weight is 253 g/mol. The van der Waals surface area contributed by atoms with Gasteiger partial charge in [0.2, 0.25) is 0 Å². The van der Waals surface area contributed by atoms with Crippen LogP contribution in [-0.2, 0) is 6.54 Å². The minimum Gasteiger partial charge on any atom is -0.347 e. The first-order valence-electron chi connectivity index (χ1n) is 5.79. The summed E-state index contributed by atoms with van der Waals surface area (Å²) in [5.41, 5.74) is 2.89. The fourth-order valence-corrected chi connectivity index (χ4v) is 1.76. The van der Waals surface area contributed by atoms with E-state index in [-0.39, 0.29) is 5.91 Å². The fraction of sp³-hybridized carbons (Fsp3) is 0.0769. The number of hydrogen-bond donors (Lipinski definition) is 2. The van der Waals surface area contributed by atoms with Crippen molar-refractivity contribution in [2.75, 3.05) is 0 Å². The molecule has 0 atom stereocenters. The summed E-state index contributed by atoms with van der Waals surface area (Å²) in [7, 11) is 0. The summed E-state index contributed by atoms with van der Waals surface area (Å²) in [4.78, 5) is 27.1. The zero-order valence-corrected chi connectivity index (χ0v) is 10.00. The van der Waals surface area contributed by atoms with Crippen LogP contribution in [0.4, 0.5) is 0 Å². The normalized spacial score (nSPS) is 10.5. The smallest absolute Gasteiger partial charge is 0.251 e. The number of imidazole rings is 1. The lowest BCUT2D eigenvalue weighted by atomic mass is 10.2. The molecule has 0 saturated heterocycles. The molecule has 0 radical (unpaired) electrons. The van der Waals surface area contributed by atoms with E-state index in [0.717, 1.165) is 11.2 Å². The highest BCUT2D eigenvalue weighted by Crippen LogP contribution is 2.10. The highest BCUT2D eigenvalue weighted by molar-refractivity contribution is 5.97. The van der Waals surface area contributed by atoms with Crippen LogP contribution in [0.25, 0.3) is 11.0 Å². The van der Waals surface area contributed by atoms with E-state index in [4.69, 9.17) is 0 Å². The van der Waals surface area contributed by atoms with Crippen LogP contribution in [0, 0.1) is 0 Å². The number of amides is 1. The first kappa shape index (κ1) is 11.3. The van der Waals surface area contributed by atoms with Crippen molar-refractivity contribution in [3.05, 3.63) is 54.4 Å². The molecule has 3 aromatic rings. The van der Waals surface area contributed by atoms with Gasteiger partial charge in [-0.05, 0) is 18.2 Å². The third kappa shape index (κ3) is 2.42. The molecule has 1 amide bonds. The van der Waals surface area contributed by atoms with E-state index in [9.17, 15) is 4.79 Å². The molecule has 2 N–H and O–H groups in total. The molecule has 0 saturated carbocycles. The monoisotopic (exact) mass is 253 g/mol. The van der Waals surface area contributed by atoms with Crippen molar-refractivity contribution < 1.29 is 4.79 Å². The molecule has 6 nitrogen and oxygen atoms in total. The largest absolute Gasteiger partial charge is 0.347 e. The Balaban J connectivity index is 1.77. The highest BCUT2D eigenvalue weighted by atomic mass is 16.1. The zero-order chi connectivity index (χ0) is 13.1. The van der Waals surface area contributed by atoms with Gasteiger partial charge in [0.1, 0.15) is 0 Å². The summed E-state index contributed by atoms with van der Waals surface area (Å²) in [5, 5.41) is 2.81. The SMILES string of the molecule is O=C(NCc1cnc[nH]1)c1ccc2nccnc2c1. The number of aromatic nitrogens is 4. The standard InChI is InChI=1S/C13H11N5O/c19-13(17-7-10-6-14-8-18-10)9-1-2-11-12(5-9)16-4-3-15-11/h1-6,8H,7H2,(H,14,18)(H,17,19). The van der Waals surface area contributed by atoms with Gasteiger partial charge in [-0.1, -0.05) is 0 Å². The van der Waals surface area contributed by atoms with E-state index in [1.807, 2.05) is 0 Å². The zero-order valence-electron chi connectivity index (χ0n) is 10.00. The molecule has 0 aliphatic rings. The van der Waals surface area contributed by atoms with Crippen LogP contribution >= 0.6 is 0 Å². The first-order valence-corrected chi connectivity index (χ1v) is 5.79. The molecule has 2 aromatic heterocycles. The van der Waals surface area contributed by atoms with Crippen molar-refractivity contribution in [2.45, 2.75) is 6.54 Å². The number of hydrogen-bond acceptors (Lipinski definition) is 4. The second-order valence-corrected chi connectivity index (χ2v) is 4.02. The summed E-state index contributed by atoms with van der Waals surface area (Å²) >= 11 is 0. The molecule has 0 aliphatic heterocycles. The number of carbonyl (C=O) groups is 1. The number of nitrogens with zero attached hydrogens (tertiary/aromatic N) is 3.